The van der Waals surface area contributed by atoms with Crippen molar-refractivity contribution in [2.24, 2.45) is 0 Å². The number of carbonyl (C=O) groups is 3. The standard InChI is InChI=1S/C30H29F5N2O5/c1-19-4-6-21(7-5-19)28(40)30(34,35)27(20-8-12-24(13-9-20)42-17-3-16-29(31,32)33)37-26(39)18-25(38)36-22-10-14-23(41-2)15-11-22/h4-15,27H,3,16-18H2,1-2H3,(H,36,38)(H,37,39). The molecule has 0 aliphatic carbocycles. The summed E-state index contributed by atoms with van der Waals surface area (Å²) in [6.45, 7) is 1.46. The molecule has 224 valence electrons. The Bertz CT molecular complexity index is 1360. The summed E-state index contributed by atoms with van der Waals surface area (Å²) in [6, 6.07) is 14.3. The lowest BCUT2D eigenvalue weighted by molar-refractivity contribution is -0.136. The highest BCUT2D eigenvalue weighted by molar-refractivity contribution is 6.05. The van der Waals surface area contributed by atoms with Crippen LogP contribution in [0, 0.1) is 6.92 Å². The van der Waals surface area contributed by atoms with Gasteiger partial charge in [-0.25, -0.2) is 0 Å². The Labute approximate surface area is 239 Å². The highest BCUT2D eigenvalue weighted by atomic mass is 19.4. The molecular formula is C30H29F5N2O5. The molecule has 0 aromatic heterocycles. The number of hydrogen-bond donors (Lipinski definition) is 2. The van der Waals surface area contributed by atoms with E-state index in [0.29, 0.717) is 11.4 Å². The van der Waals surface area contributed by atoms with Crippen molar-refractivity contribution in [2.45, 2.75) is 44.3 Å². The van der Waals surface area contributed by atoms with Crippen LogP contribution in [-0.4, -0.2) is 43.4 Å². The second kappa shape index (κ2) is 13.9. The minimum Gasteiger partial charge on any atom is -0.497 e. The van der Waals surface area contributed by atoms with Gasteiger partial charge >= 0.3 is 12.1 Å². The van der Waals surface area contributed by atoms with Crippen LogP contribution in [0.2, 0.25) is 0 Å². The number of anilines is 1. The smallest absolute Gasteiger partial charge is 0.389 e. The molecular weight excluding hydrogens is 563 g/mol. The van der Waals surface area contributed by atoms with E-state index in [0.717, 1.165) is 17.7 Å². The van der Waals surface area contributed by atoms with Crippen LogP contribution in [0.5, 0.6) is 11.5 Å². The number of ether oxygens (including phenoxy) is 2. The topological polar surface area (TPSA) is 93.7 Å². The number of nitrogens with one attached hydrogen (secondary N) is 2. The molecule has 0 saturated heterocycles. The van der Waals surface area contributed by atoms with E-state index in [2.05, 4.69) is 10.6 Å². The zero-order chi connectivity index (χ0) is 30.9. The van der Waals surface area contributed by atoms with Gasteiger partial charge in [0.05, 0.1) is 13.7 Å². The van der Waals surface area contributed by atoms with E-state index in [-0.39, 0.29) is 29.9 Å². The molecule has 0 aliphatic heterocycles. The minimum absolute atomic E-state index is 0.109. The summed E-state index contributed by atoms with van der Waals surface area (Å²) in [4.78, 5) is 38.1. The van der Waals surface area contributed by atoms with Gasteiger partial charge in [-0.2, -0.15) is 22.0 Å². The first-order valence-corrected chi connectivity index (χ1v) is 12.8. The van der Waals surface area contributed by atoms with Crippen molar-refractivity contribution in [1.29, 1.82) is 0 Å². The van der Waals surface area contributed by atoms with Gasteiger partial charge in [-0.05, 0) is 55.3 Å². The number of amides is 2. The molecule has 2 amide bonds. The maximum absolute atomic E-state index is 15.7. The van der Waals surface area contributed by atoms with Gasteiger partial charge in [-0.3, -0.25) is 14.4 Å². The van der Waals surface area contributed by atoms with Gasteiger partial charge in [0.1, 0.15) is 24.0 Å². The number of Topliss-reactive ketones (excluding diaryl/α,β-unsaturated/α-hetero) is 1. The van der Waals surface area contributed by atoms with Crippen molar-refractivity contribution >= 4 is 23.3 Å². The molecule has 1 atom stereocenters. The van der Waals surface area contributed by atoms with Crippen LogP contribution in [0.1, 0.15) is 46.8 Å². The normalized spacial score (nSPS) is 12.3. The second-order valence-electron chi connectivity index (χ2n) is 9.41. The van der Waals surface area contributed by atoms with E-state index in [1.54, 1.807) is 19.1 Å². The first kappa shape index (κ1) is 32.0. The third-order valence-corrected chi connectivity index (χ3v) is 6.07. The maximum Gasteiger partial charge on any atom is 0.389 e. The number of hydrogen-bond acceptors (Lipinski definition) is 5. The van der Waals surface area contributed by atoms with Crippen molar-refractivity contribution in [3.05, 3.63) is 89.5 Å². The lowest BCUT2D eigenvalue weighted by Crippen LogP contribution is -2.46. The molecule has 0 aliphatic rings. The van der Waals surface area contributed by atoms with Gasteiger partial charge in [0.15, 0.2) is 0 Å². The SMILES string of the molecule is COc1ccc(NC(=O)CC(=O)NC(c2ccc(OCCCC(F)(F)F)cc2)C(F)(F)C(=O)c2ccc(C)cc2)cc1. The van der Waals surface area contributed by atoms with Gasteiger partial charge in [0, 0.05) is 17.7 Å². The Morgan fingerprint density at radius 3 is 1.98 bits per heavy atom. The molecule has 1 unspecified atom stereocenters. The summed E-state index contributed by atoms with van der Waals surface area (Å²) in [7, 11) is 1.47. The number of benzene rings is 3. The highest BCUT2D eigenvalue weighted by Crippen LogP contribution is 2.36. The number of halogens is 5. The van der Waals surface area contributed by atoms with E-state index < -0.39 is 48.6 Å². The summed E-state index contributed by atoms with van der Waals surface area (Å²) in [5, 5.41) is 4.58. The number of alkyl halides is 5. The fourth-order valence-corrected chi connectivity index (χ4v) is 3.87. The Morgan fingerprint density at radius 1 is 0.810 bits per heavy atom. The molecule has 2 N–H and O–H groups in total. The summed E-state index contributed by atoms with van der Waals surface area (Å²) < 4.78 is 78.8. The molecule has 42 heavy (non-hydrogen) atoms. The Kier molecular flexibility index (Phi) is 10.6. The van der Waals surface area contributed by atoms with E-state index in [1.165, 1.54) is 55.6 Å². The zero-order valence-corrected chi connectivity index (χ0v) is 22.8. The fourth-order valence-electron chi connectivity index (χ4n) is 3.87. The lowest BCUT2D eigenvalue weighted by atomic mass is 9.93. The summed E-state index contributed by atoms with van der Waals surface area (Å²) in [6.07, 6.45) is -6.50. The third-order valence-electron chi connectivity index (χ3n) is 6.07. The predicted molar refractivity (Wildman–Crippen MR) is 145 cm³/mol. The summed E-state index contributed by atoms with van der Waals surface area (Å²) in [5.41, 5.74) is 0.614. The molecule has 3 rings (SSSR count). The van der Waals surface area contributed by atoms with Crippen LogP contribution >= 0.6 is 0 Å². The van der Waals surface area contributed by atoms with E-state index in [4.69, 9.17) is 9.47 Å². The van der Waals surface area contributed by atoms with E-state index >= 15 is 8.78 Å². The second-order valence-corrected chi connectivity index (χ2v) is 9.41. The van der Waals surface area contributed by atoms with Crippen LogP contribution in [0.4, 0.5) is 27.6 Å². The third kappa shape index (κ3) is 9.28. The average Bonchev–Trinajstić information content (AvgIpc) is 2.94. The average molecular weight is 593 g/mol. The molecule has 0 heterocycles. The van der Waals surface area contributed by atoms with Crippen LogP contribution in [0.15, 0.2) is 72.8 Å². The predicted octanol–water partition coefficient (Wildman–Crippen LogP) is 6.43. The number of rotatable bonds is 13. The maximum atomic E-state index is 15.7. The highest BCUT2D eigenvalue weighted by Gasteiger charge is 2.49. The van der Waals surface area contributed by atoms with Gasteiger partial charge in [0.25, 0.3) is 0 Å². The van der Waals surface area contributed by atoms with Gasteiger partial charge < -0.3 is 20.1 Å². The van der Waals surface area contributed by atoms with Crippen LogP contribution < -0.4 is 20.1 Å². The Hall–Kier alpha value is -4.48. The molecule has 0 bridgehead atoms. The lowest BCUT2D eigenvalue weighted by Gasteiger charge is -2.27. The molecule has 7 nitrogen and oxygen atoms in total. The molecule has 12 heteroatoms. The van der Waals surface area contributed by atoms with Gasteiger partial charge in [-0.1, -0.05) is 42.0 Å². The molecule has 0 fully saturated rings. The zero-order valence-electron chi connectivity index (χ0n) is 22.8. The first-order chi connectivity index (χ1) is 19.8. The minimum atomic E-state index is -4.33. The summed E-state index contributed by atoms with van der Waals surface area (Å²) >= 11 is 0. The van der Waals surface area contributed by atoms with Crippen molar-refractivity contribution in [2.75, 3.05) is 19.0 Å². The molecule has 0 spiro atoms. The van der Waals surface area contributed by atoms with Crippen LogP contribution in [0.25, 0.3) is 0 Å². The van der Waals surface area contributed by atoms with Gasteiger partial charge in [-0.15, -0.1) is 0 Å². The van der Waals surface area contributed by atoms with Crippen molar-refractivity contribution < 1.29 is 45.8 Å². The fraction of sp³-hybridized carbons (Fsp3) is 0.300. The monoisotopic (exact) mass is 592 g/mol. The Morgan fingerprint density at radius 2 is 1.40 bits per heavy atom. The van der Waals surface area contributed by atoms with E-state index in [1.807, 2.05) is 0 Å². The number of methoxy groups -OCH3 is 1. The molecule has 3 aromatic rings. The quantitative estimate of drug-likeness (QED) is 0.103. The molecule has 0 saturated carbocycles. The van der Waals surface area contributed by atoms with Crippen molar-refractivity contribution in [3.8, 4) is 11.5 Å². The summed E-state index contributed by atoms with van der Waals surface area (Å²) in [5.74, 6) is -6.92. The van der Waals surface area contributed by atoms with Gasteiger partial charge in [0.2, 0.25) is 17.6 Å². The number of ketones is 1. The Balaban J connectivity index is 1.77. The number of carbonyl (C=O) groups excluding carboxylic acids is 3. The van der Waals surface area contributed by atoms with E-state index in [9.17, 15) is 27.6 Å². The largest absolute Gasteiger partial charge is 0.497 e. The first-order valence-electron chi connectivity index (χ1n) is 12.8. The van der Waals surface area contributed by atoms with Crippen LogP contribution in [0.3, 0.4) is 0 Å². The molecule has 3 aromatic carbocycles. The van der Waals surface area contributed by atoms with Crippen molar-refractivity contribution in [3.63, 3.8) is 0 Å². The molecule has 0 radical (unpaired) electrons. The number of aryl methyl sites for hydroxylation is 1. The van der Waals surface area contributed by atoms with Crippen molar-refractivity contribution in [1.82, 2.24) is 5.32 Å². The van der Waals surface area contributed by atoms with Crippen LogP contribution in [-0.2, 0) is 9.59 Å².